The lowest BCUT2D eigenvalue weighted by Crippen LogP contribution is -2.44. The minimum Gasteiger partial charge on any atom is -0.189 e. The van der Waals surface area contributed by atoms with Crippen molar-refractivity contribution in [3.63, 3.8) is 0 Å². The molecule has 1 heteroatoms. The first-order valence-corrected chi connectivity index (χ1v) is 12.2. The molecule has 1 aliphatic rings. The van der Waals surface area contributed by atoms with E-state index in [1.165, 1.54) is 78.6 Å². The van der Waals surface area contributed by atoms with Crippen LogP contribution in [0.1, 0.15) is 51.0 Å². The van der Waals surface area contributed by atoms with Crippen LogP contribution < -0.4 is 4.57 Å². The van der Waals surface area contributed by atoms with Gasteiger partial charge in [0.1, 0.15) is 0 Å². The number of aromatic nitrogens is 1. The Morgan fingerprint density at radius 1 is 0.438 bits per heavy atom. The van der Waals surface area contributed by atoms with E-state index in [1.807, 2.05) is 0 Å². The summed E-state index contributed by atoms with van der Waals surface area (Å²) in [5.41, 5.74) is 7.80. The van der Waals surface area contributed by atoms with Crippen LogP contribution in [0.2, 0.25) is 0 Å². The lowest BCUT2D eigenvalue weighted by molar-refractivity contribution is -0.704. The van der Waals surface area contributed by atoms with Crippen molar-refractivity contribution in [1.82, 2.24) is 0 Å². The second-order valence-electron chi connectivity index (χ2n) is 8.98. The summed E-state index contributed by atoms with van der Waals surface area (Å²) >= 11 is 0. The van der Waals surface area contributed by atoms with Crippen molar-refractivity contribution in [2.24, 2.45) is 0 Å². The molecule has 4 aromatic rings. The molecule has 1 heterocycles. The minimum absolute atomic E-state index is 0.533. The number of rotatable bonds is 4. The highest BCUT2D eigenvalue weighted by atomic mass is 15.0. The van der Waals surface area contributed by atoms with Gasteiger partial charge in [-0.15, -0.1) is 0 Å². The van der Waals surface area contributed by atoms with Crippen LogP contribution in [0.15, 0.2) is 103 Å². The van der Waals surface area contributed by atoms with E-state index in [9.17, 15) is 0 Å². The van der Waals surface area contributed by atoms with E-state index in [0.717, 1.165) is 0 Å². The van der Waals surface area contributed by atoms with Crippen molar-refractivity contribution in [3.05, 3.63) is 103 Å². The molecule has 5 rings (SSSR count). The first-order chi connectivity index (χ1) is 15.9. The molecule has 1 saturated carbocycles. The zero-order valence-electron chi connectivity index (χ0n) is 18.8. The van der Waals surface area contributed by atoms with Crippen molar-refractivity contribution < 1.29 is 4.57 Å². The van der Waals surface area contributed by atoms with Gasteiger partial charge in [-0.1, -0.05) is 86.0 Å². The summed E-state index contributed by atoms with van der Waals surface area (Å²) in [4.78, 5) is 0. The molecule has 0 unspecified atom stereocenters. The molecular formula is C31H32N+. The van der Waals surface area contributed by atoms with Gasteiger partial charge in [0.2, 0.25) is 11.4 Å². The second-order valence-corrected chi connectivity index (χ2v) is 8.98. The quantitative estimate of drug-likeness (QED) is 0.294. The maximum Gasteiger partial charge on any atom is 0.213 e. The van der Waals surface area contributed by atoms with Gasteiger partial charge in [-0.25, -0.2) is 0 Å². The third-order valence-electron chi connectivity index (χ3n) is 6.79. The molecule has 1 aromatic heterocycles. The van der Waals surface area contributed by atoms with Crippen molar-refractivity contribution in [3.8, 4) is 33.6 Å². The van der Waals surface area contributed by atoms with E-state index in [4.69, 9.17) is 0 Å². The zero-order valence-corrected chi connectivity index (χ0v) is 18.8. The second kappa shape index (κ2) is 9.96. The van der Waals surface area contributed by atoms with Gasteiger partial charge in [-0.05, 0) is 48.2 Å². The molecule has 1 fully saturated rings. The van der Waals surface area contributed by atoms with Crippen molar-refractivity contribution >= 4 is 0 Å². The monoisotopic (exact) mass is 418 g/mol. The largest absolute Gasteiger partial charge is 0.213 e. The Hall–Kier alpha value is -3.19. The third kappa shape index (κ3) is 4.53. The summed E-state index contributed by atoms with van der Waals surface area (Å²) in [6.45, 7) is 0. The molecule has 1 nitrogen and oxygen atoms in total. The molecule has 0 radical (unpaired) electrons. The fourth-order valence-corrected chi connectivity index (χ4v) is 5.15. The average molecular weight is 419 g/mol. The Labute approximate surface area is 192 Å². The van der Waals surface area contributed by atoms with Gasteiger partial charge in [-0.2, -0.15) is 4.57 Å². The molecule has 0 amide bonds. The van der Waals surface area contributed by atoms with E-state index in [2.05, 4.69) is 108 Å². The maximum atomic E-state index is 2.67. The highest BCUT2D eigenvalue weighted by Crippen LogP contribution is 2.33. The van der Waals surface area contributed by atoms with Gasteiger partial charge in [-0.3, -0.25) is 0 Å². The van der Waals surface area contributed by atoms with Crippen molar-refractivity contribution in [2.45, 2.75) is 51.0 Å². The van der Waals surface area contributed by atoms with Gasteiger partial charge >= 0.3 is 0 Å². The fourth-order valence-electron chi connectivity index (χ4n) is 5.15. The van der Waals surface area contributed by atoms with Gasteiger partial charge in [0.05, 0.1) is 0 Å². The summed E-state index contributed by atoms with van der Waals surface area (Å²) < 4.78 is 2.67. The van der Waals surface area contributed by atoms with Crippen LogP contribution in [0, 0.1) is 0 Å². The molecule has 0 aliphatic heterocycles. The molecular weight excluding hydrogens is 386 g/mol. The van der Waals surface area contributed by atoms with E-state index < -0.39 is 0 Å². The van der Waals surface area contributed by atoms with Crippen LogP contribution >= 0.6 is 0 Å². The molecule has 32 heavy (non-hydrogen) atoms. The normalized spacial score (nSPS) is 15.1. The molecule has 3 aromatic carbocycles. The average Bonchev–Trinajstić information content (AvgIpc) is 2.85. The standard InChI is InChI=1S/C31H32N/c1-2-13-21-29(22-14-3-1)32-30(26-17-9-5-10-18-26)23-28(25-15-7-4-8-16-25)24-31(32)27-19-11-6-12-20-27/h4-12,15-20,23-24,29H,1-3,13-14,21-22H2/q+1. The van der Waals surface area contributed by atoms with Gasteiger partial charge in [0.15, 0.2) is 6.04 Å². The predicted octanol–water partition coefficient (Wildman–Crippen LogP) is 8.26. The zero-order chi connectivity index (χ0) is 21.6. The van der Waals surface area contributed by atoms with Crippen LogP contribution in [0.5, 0.6) is 0 Å². The number of nitrogens with zero attached hydrogens (tertiary/aromatic N) is 1. The number of hydrogen-bond donors (Lipinski definition) is 0. The Bertz CT molecular complexity index is 1060. The lowest BCUT2D eigenvalue weighted by Gasteiger charge is -2.21. The van der Waals surface area contributed by atoms with E-state index in [0.29, 0.717) is 6.04 Å². The van der Waals surface area contributed by atoms with Crippen LogP contribution in [-0.2, 0) is 0 Å². The minimum atomic E-state index is 0.533. The molecule has 1 aliphatic carbocycles. The molecule has 0 spiro atoms. The highest BCUT2D eigenvalue weighted by Gasteiger charge is 2.30. The first kappa shape index (κ1) is 20.7. The van der Waals surface area contributed by atoms with Gasteiger partial charge in [0.25, 0.3) is 0 Å². The Balaban J connectivity index is 1.77. The van der Waals surface area contributed by atoms with E-state index in [1.54, 1.807) is 0 Å². The topological polar surface area (TPSA) is 3.88 Å². The van der Waals surface area contributed by atoms with Gasteiger partial charge < -0.3 is 0 Å². The van der Waals surface area contributed by atoms with Crippen molar-refractivity contribution in [1.29, 1.82) is 0 Å². The lowest BCUT2D eigenvalue weighted by atomic mass is 9.93. The Morgan fingerprint density at radius 2 is 0.844 bits per heavy atom. The maximum absolute atomic E-state index is 2.67. The van der Waals surface area contributed by atoms with Crippen LogP contribution in [0.4, 0.5) is 0 Å². The van der Waals surface area contributed by atoms with Crippen LogP contribution in [0.3, 0.4) is 0 Å². The molecule has 0 bridgehead atoms. The molecule has 0 atom stereocenters. The van der Waals surface area contributed by atoms with Crippen molar-refractivity contribution in [2.75, 3.05) is 0 Å². The number of pyridine rings is 1. The highest BCUT2D eigenvalue weighted by molar-refractivity contribution is 5.73. The summed E-state index contributed by atoms with van der Waals surface area (Å²) in [6, 6.07) is 38.1. The van der Waals surface area contributed by atoms with E-state index >= 15 is 0 Å². The Morgan fingerprint density at radius 3 is 1.31 bits per heavy atom. The predicted molar refractivity (Wildman–Crippen MR) is 134 cm³/mol. The third-order valence-corrected chi connectivity index (χ3v) is 6.79. The number of benzene rings is 3. The first-order valence-electron chi connectivity index (χ1n) is 12.2. The van der Waals surface area contributed by atoms with Gasteiger partial charge in [0, 0.05) is 36.1 Å². The smallest absolute Gasteiger partial charge is 0.189 e. The summed E-state index contributed by atoms with van der Waals surface area (Å²) in [5, 5.41) is 0. The van der Waals surface area contributed by atoms with Crippen LogP contribution in [-0.4, -0.2) is 0 Å². The Kier molecular flexibility index (Phi) is 6.44. The van der Waals surface area contributed by atoms with Crippen LogP contribution in [0.25, 0.3) is 33.6 Å². The summed E-state index contributed by atoms with van der Waals surface area (Å²) in [6.07, 6.45) is 9.27. The fraction of sp³-hybridized carbons (Fsp3) is 0.258. The molecule has 160 valence electrons. The summed E-state index contributed by atoms with van der Waals surface area (Å²) in [5.74, 6) is 0. The SMILES string of the molecule is c1ccc(-c2cc(-c3ccccc3)[n+](C3CCCCCCC3)c(-c3ccccc3)c2)cc1. The number of hydrogen-bond acceptors (Lipinski definition) is 0. The van der Waals surface area contributed by atoms with E-state index in [-0.39, 0.29) is 0 Å². The molecule has 0 saturated heterocycles. The summed E-state index contributed by atoms with van der Waals surface area (Å²) in [7, 11) is 0. The molecule has 0 N–H and O–H groups in total.